The highest BCUT2D eigenvalue weighted by molar-refractivity contribution is 7.92. The van der Waals surface area contributed by atoms with E-state index in [1.165, 1.54) is 49.4 Å². The molecule has 0 aliphatic carbocycles. The van der Waals surface area contributed by atoms with Crippen LogP contribution in [0.4, 0.5) is 18.9 Å². The van der Waals surface area contributed by atoms with Gasteiger partial charge in [0.25, 0.3) is 10.0 Å². The van der Waals surface area contributed by atoms with Gasteiger partial charge in [-0.3, -0.25) is 4.31 Å². The van der Waals surface area contributed by atoms with Crippen molar-refractivity contribution in [3.63, 3.8) is 0 Å². The molecular weight excluding hydrogens is 463 g/mol. The summed E-state index contributed by atoms with van der Waals surface area (Å²) in [5.41, 5.74) is 0.380. The molecular formula is C23H21ClF3NO3S. The molecule has 1 N–H and O–H groups in total. The molecule has 9 heteroatoms. The zero-order chi connectivity index (χ0) is 23.5. The monoisotopic (exact) mass is 483 g/mol. The van der Waals surface area contributed by atoms with Gasteiger partial charge in [-0.15, -0.1) is 0 Å². The van der Waals surface area contributed by atoms with Gasteiger partial charge in [-0.05, 0) is 79.4 Å². The van der Waals surface area contributed by atoms with Crippen molar-refractivity contribution in [1.82, 2.24) is 0 Å². The predicted octanol–water partition coefficient (Wildman–Crippen LogP) is 5.64. The molecule has 3 aromatic carbocycles. The number of hydrogen-bond acceptors (Lipinski definition) is 3. The van der Waals surface area contributed by atoms with Crippen molar-refractivity contribution in [1.29, 1.82) is 0 Å². The molecule has 0 aliphatic rings. The van der Waals surface area contributed by atoms with E-state index in [9.17, 15) is 26.7 Å². The second-order valence-electron chi connectivity index (χ2n) is 7.20. The van der Waals surface area contributed by atoms with E-state index in [4.69, 9.17) is 11.6 Å². The molecule has 0 aromatic heterocycles. The lowest BCUT2D eigenvalue weighted by molar-refractivity contribution is 0.288. The minimum atomic E-state index is -4.38. The standard InChI is InChI=1S/C23H21ClF3NO3S/c1-15(21-10-6-18(25)13-16(21)3-2-12-29)28(23-14-19(26)7-11-22(23)27)32(30,31)20-8-4-17(24)5-9-20/h4-11,13-15,29H,2-3,12H2,1H3. The summed E-state index contributed by atoms with van der Waals surface area (Å²) in [7, 11) is -4.38. The molecule has 3 rings (SSSR count). The summed E-state index contributed by atoms with van der Waals surface area (Å²) in [5, 5.41) is 9.49. The van der Waals surface area contributed by atoms with Crippen LogP contribution in [0, 0.1) is 17.5 Å². The number of hydrogen-bond donors (Lipinski definition) is 1. The van der Waals surface area contributed by atoms with Crippen LogP contribution in [0.3, 0.4) is 0 Å². The van der Waals surface area contributed by atoms with E-state index in [2.05, 4.69) is 0 Å². The summed E-state index contributed by atoms with van der Waals surface area (Å²) in [6.45, 7) is 1.36. The molecule has 0 amide bonds. The van der Waals surface area contributed by atoms with Crippen molar-refractivity contribution in [2.75, 3.05) is 10.9 Å². The van der Waals surface area contributed by atoms with Crippen LogP contribution in [-0.2, 0) is 16.4 Å². The van der Waals surface area contributed by atoms with E-state index in [1.54, 1.807) is 0 Å². The molecule has 3 aromatic rings. The quantitative estimate of drug-likeness (QED) is 0.451. The number of aryl methyl sites for hydroxylation is 1. The van der Waals surface area contributed by atoms with Gasteiger partial charge in [-0.1, -0.05) is 17.7 Å². The van der Waals surface area contributed by atoms with Crippen molar-refractivity contribution in [3.8, 4) is 0 Å². The zero-order valence-electron chi connectivity index (χ0n) is 17.1. The maximum absolute atomic E-state index is 14.8. The maximum Gasteiger partial charge on any atom is 0.264 e. The molecule has 0 saturated carbocycles. The third-order valence-corrected chi connectivity index (χ3v) is 7.18. The Morgan fingerprint density at radius 2 is 1.59 bits per heavy atom. The second-order valence-corrected chi connectivity index (χ2v) is 9.45. The van der Waals surface area contributed by atoms with E-state index in [0.717, 1.165) is 22.5 Å². The first-order chi connectivity index (χ1) is 15.1. The third kappa shape index (κ3) is 5.09. The van der Waals surface area contributed by atoms with Gasteiger partial charge in [0.15, 0.2) is 0 Å². The molecule has 0 heterocycles. The minimum Gasteiger partial charge on any atom is -0.396 e. The maximum atomic E-state index is 14.8. The van der Waals surface area contributed by atoms with Gasteiger partial charge in [-0.25, -0.2) is 21.6 Å². The van der Waals surface area contributed by atoms with Crippen LogP contribution in [0.2, 0.25) is 5.02 Å². The van der Waals surface area contributed by atoms with Gasteiger partial charge in [0.1, 0.15) is 17.5 Å². The molecule has 0 aliphatic heterocycles. The van der Waals surface area contributed by atoms with Gasteiger partial charge in [-0.2, -0.15) is 0 Å². The van der Waals surface area contributed by atoms with Crippen LogP contribution in [-0.4, -0.2) is 20.1 Å². The molecule has 0 spiro atoms. The first kappa shape index (κ1) is 24.1. The minimum absolute atomic E-state index is 0.143. The Hall–Kier alpha value is -2.55. The lowest BCUT2D eigenvalue weighted by atomic mass is 9.97. The largest absolute Gasteiger partial charge is 0.396 e. The van der Waals surface area contributed by atoms with Crippen LogP contribution in [0.25, 0.3) is 0 Å². The molecule has 0 bridgehead atoms. The zero-order valence-corrected chi connectivity index (χ0v) is 18.7. The van der Waals surface area contributed by atoms with Gasteiger partial charge in [0, 0.05) is 17.7 Å². The fraction of sp³-hybridized carbons (Fsp3) is 0.217. The molecule has 0 radical (unpaired) electrons. The van der Waals surface area contributed by atoms with Crippen molar-refractivity contribution < 1.29 is 26.7 Å². The number of aliphatic hydroxyl groups is 1. The van der Waals surface area contributed by atoms with Gasteiger partial charge >= 0.3 is 0 Å². The molecule has 170 valence electrons. The Morgan fingerprint density at radius 3 is 2.25 bits per heavy atom. The number of aliphatic hydroxyl groups excluding tert-OH is 1. The highest BCUT2D eigenvalue weighted by Crippen LogP contribution is 2.37. The number of sulfonamides is 1. The Labute approximate surface area is 189 Å². The van der Waals surface area contributed by atoms with Crippen molar-refractivity contribution in [2.45, 2.75) is 30.7 Å². The van der Waals surface area contributed by atoms with Crippen LogP contribution in [0.5, 0.6) is 0 Å². The first-order valence-electron chi connectivity index (χ1n) is 9.79. The number of anilines is 1. The van der Waals surface area contributed by atoms with Crippen LogP contribution < -0.4 is 4.31 Å². The summed E-state index contributed by atoms with van der Waals surface area (Å²) >= 11 is 5.87. The second kappa shape index (κ2) is 9.94. The van der Waals surface area contributed by atoms with E-state index in [-0.39, 0.29) is 17.9 Å². The average molecular weight is 484 g/mol. The highest BCUT2D eigenvalue weighted by atomic mass is 35.5. The first-order valence-corrected chi connectivity index (χ1v) is 11.6. The van der Waals surface area contributed by atoms with Gasteiger partial charge in [0.2, 0.25) is 0 Å². The number of rotatable bonds is 8. The lowest BCUT2D eigenvalue weighted by Gasteiger charge is -2.32. The topological polar surface area (TPSA) is 57.6 Å². The Morgan fingerprint density at radius 1 is 0.969 bits per heavy atom. The fourth-order valence-electron chi connectivity index (χ4n) is 3.52. The number of halogens is 4. The van der Waals surface area contributed by atoms with Crippen molar-refractivity contribution >= 4 is 27.3 Å². The summed E-state index contributed by atoms with van der Waals surface area (Å²) in [4.78, 5) is -0.170. The highest BCUT2D eigenvalue weighted by Gasteiger charge is 2.33. The molecule has 0 saturated heterocycles. The smallest absolute Gasteiger partial charge is 0.264 e. The summed E-state index contributed by atoms with van der Waals surface area (Å²) in [6.07, 6.45) is 0.593. The van der Waals surface area contributed by atoms with E-state index >= 15 is 0 Å². The van der Waals surface area contributed by atoms with E-state index < -0.39 is 39.2 Å². The van der Waals surface area contributed by atoms with Crippen LogP contribution in [0.15, 0.2) is 65.6 Å². The molecule has 0 fully saturated rings. The molecule has 32 heavy (non-hydrogen) atoms. The molecule has 4 nitrogen and oxygen atoms in total. The van der Waals surface area contributed by atoms with Crippen LogP contribution in [0.1, 0.15) is 30.5 Å². The number of benzene rings is 3. The SMILES string of the molecule is CC(c1ccc(F)cc1CCCO)N(c1cc(F)ccc1F)S(=O)(=O)c1ccc(Cl)cc1. The lowest BCUT2D eigenvalue weighted by Crippen LogP contribution is -2.35. The summed E-state index contributed by atoms with van der Waals surface area (Å²) in [5.74, 6) is -2.28. The van der Waals surface area contributed by atoms with Gasteiger partial charge in [0.05, 0.1) is 16.6 Å². The summed E-state index contributed by atoms with van der Waals surface area (Å²) in [6, 6.07) is 10.6. The Balaban J connectivity index is 2.22. The van der Waals surface area contributed by atoms with E-state index in [0.29, 0.717) is 22.6 Å². The third-order valence-electron chi connectivity index (χ3n) is 5.03. The van der Waals surface area contributed by atoms with E-state index in [1.807, 2.05) is 0 Å². The average Bonchev–Trinajstić information content (AvgIpc) is 2.75. The van der Waals surface area contributed by atoms with Crippen molar-refractivity contribution in [3.05, 3.63) is 94.3 Å². The van der Waals surface area contributed by atoms with Crippen molar-refractivity contribution in [2.24, 2.45) is 0 Å². The summed E-state index contributed by atoms with van der Waals surface area (Å²) < 4.78 is 70.7. The fourth-order valence-corrected chi connectivity index (χ4v) is 5.28. The Bertz CT molecular complexity index is 1200. The normalized spacial score (nSPS) is 12.6. The number of nitrogens with zero attached hydrogens (tertiary/aromatic N) is 1. The molecule has 1 atom stereocenters. The molecule has 1 unspecified atom stereocenters. The van der Waals surface area contributed by atoms with Gasteiger partial charge < -0.3 is 5.11 Å². The predicted molar refractivity (Wildman–Crippen MR) is 118 cm³/mol. The Kier molecular flexibility index (Phi) is 7.48. The van der Waals surface area contributed by atoms with Crippen LogP contribution >= 0.6 is 11.6 Å².